The molecule has 1 aliphatic heterocycles. The number of hydrogen-bond donors (Lipinski definition) is 1. The van der Waals surface area contributed by atoms with Gasteiger partial charge in [0.2, 0.25) is 0 Å². The number of hydrogen-bond acceptors (Lipinski definition) is 2. The second kappa shape index (κ2) is 6.06. The topological polar surface area (TPSA) is 15.3 Å². The van der Waals surface area contributed by atoms with Crippen LogP contribution in [0.4, 0.5) is 5.69 Å². The Labute approximate surface area is 105 Å². The fourth-order valence-electron chi connectivity index (χ4n) is 2.60. The van der Waals surface area contributed by atoms with Crippen LogP contribution in [0.5, 0.6) is 0 Å². The van der Waals surface area contributed by atoms with Gasteiger partial charge in [0.1, 0.15) is 0 Å². The van der Waals surface area contributed by atoms with Crippen LogP contribution >= 0.6 is 0 Å². The summed E-state index contributed by atoms with van der Waals surface area (Å²) in [6.07, 6.45) is 3.76. The Morgan fingerprint density at radius 3 is 2.94 bits per heavy atom. The summed E-state index contributed by atoms with van der Waals surface area (Å²) >= 11 is 0. The minimum absolute atomic E-state index is 0.653. The molecule has 2 nitrogen and oxygen atoms in total. The predicted molar refractivity (Wildman–Crippen MR) is 74.7 cm³/mol. The van der Waals surface area contributed by atoms with Crippen molar-refractivity contribution in [2.45, 2.75) is 39.2 Å². The Bertz CT molecular complexity index is 349. The summed E-state index contributed by atoms with van der Waals surface area (Å²) in [5, 5.41) is 3.52. The highest BCUT2D eigenvalue weighted by Crippen LogP contribution is 2.30. The van der Waals surface area contributed by atoms with Crippen LogP contribution in [0, 0.1) is 0 Å². The van der Waals surface area contributed by atoms with Crippen LogP contribution in [-0.2, 0) is 6.42 Å². The maximum Gasteiger partial charge on any atom is 0.0402 e. The van der Waals surface area contributed by atoms with E-state index in [2.05, 4.69) is 48.3 Å². The first-order chi connectivity index (χ1) is 8.33. The van der Waals surface area contributed by atoms with E-state index in [1.54, 1.807) is 0 Å². The highest BCUT2D eigenvalue weighted by Gasteiger charge is 2.24. The first-order valence-electron chi connectivity index (χ1n) is 6.88. The van der Waals surface area contributed by atoms with Gasteiger partial charge in [-0.1, -0.05) is 31.5 Å². The highest BCUT2D eigenvalue weighted by molar-refractivity contribution is 5.59. The largest absolute Gasteiger partial charge is 0.367 e. The third-order valence-electron chi connectivity index (χ3n) is 3.59. The molecule has 0 spiro atoms. The second-order valence-corrected chi connectivity index (χ2v) is 4.98. The number of unbranched alkanes of at least 4 members (excludes halogenated alkanes) is 1. The van der Waals surface area contributed by atoms with Crippen molar-refractivity contribution in [2.24, 2.45) is 0 Å². The maximum atomic E-state index is 3.52. The van der Waals surface area contributed by atoms with Crippen molar-refractivity contribution in [3.63, 3.8) is 0 Å². The fraction of sp³-hybridized carbons (Fsp3) is 0.600. The minimum Gasteiger partial charge on any atom is -0.367 e. The van der Waals surface area contributed by atoms with Gasteiger partial charge in [0.15, 0.2) is 0 Å². The Balaban J connectivity index is 1.84. The zero-order valence-electron chi connectivity index (χ0n) is 11.1. The van der Waals surface area contributed by atoms with Crippen LogP contribution in [0.2, 0.25) is 0 Å². The average molecular weight is 232 g/mol. The van der Waals surface area contributed by atoms with Crippen LogP contribution < -0.4 is 10.2 Å². The van der Waals surface area contributed by atoms with Crippen LogP contribution in [0.3, 0.4) is 0 Å². The second-order valence-electron chi connectivity index (χ2n) is 4.98. The van der Waals surface area contributed by atoms with Gasteiger partial charge >= 0.3 is 0 Å². The van der Waals surface area contributed by atoms with Crippen molar-refractivity contribution < 1.29 is 0 Å². The summed E-state index contributed by atoms with van der Waals surface area (Å²) in [6, 6.07) is 9.46. The number of para-hydroxylation sites is 1. The summed E-state index contributed by atoms with van der Waals surface area (Å²) in [5.41, 5.74) is 2.95. The molecule has 0 amide bonds. The number of rotatable bonds is 6. The van der Waals surface area contributed by atoms with E-state index >= 15 is 0 Å². The summed E-state index contributed by atoms with van der Waals surface area (Å²) in [5.74, 6) is 0. The molecule has 0 saturated heterocycles. The van der Waals surface area contributed by atoms with Gasteiger partial charge in [0.25, 0.3) is 0 Å². The summed E-state index contributed by atoms with van der Waals surface area (Å²) < 4.78 is 0. The lowest BCUT2D eigenvalue weighted by atomic mass is 10.1. The molecule has 0 aromatic heterocycles. The molecule has 2 rings (SSSR count). The van der Waals surface area contributed by atoms with Gasteiger partial charge in [-0.2, -0.15) is 0 Å². The lowest BCUT2D eigenvalue weighted by molar-refractivity contribution is 0.601. The Hall–Kier alpha value is -1.02. The zero-order valence-corrected chi connectivity index (χ0v) is 11.1. The third kappa shape index (κ3) is 3.01. The molecule has 0 aliphatic carbocycles. The van der Waals surface area contributed by atoms with Crippen LogP contribution in [0.15, 0.2) is 24.3 Å². The van der Waals surface area contributed by atoms with Gasteiger partial charge in [0.05, 0.1) is 0 Å². The SMILES string of the molecule is CCCCNCCN1c2ccccc2CC1C. The molecule has 1 aromatic rings. The monoisotopic (exact) mass is 232 g/mol. The fourth-order valence-corrected chi connectivity index (χ4v) is 2.60. The Morgan fingerprint density at radius 1 is 1.29 bits per heavy atom. The van der Waals surface area contributed by atoms with Crippen molar-refractivity contribution in [3.05, 3.63) is 29.8 Å². The van der Waals surface area contributed by atoms with Crippen molar-refractivity contribution in [2.75, 3.05) is 24.5 Å². The quantitative estimate of drug-likeness (QED) is 0.759. The number of fused-ring (bicyclic) bond motifs is 1. The van der Waals surface area contributed by atoms with E-state index in [0.29, 0.717) is 6.04 Å². The summed E-state index contributed by atoms with van der Waals surface area (Å²) in [7, 11) is 0. The van der Waals surface area contributed by atoms with Crippen molar-refractivity contribution >= 4 is 5.69 Å². The number of nitrogens with one attached hydrogen (secondary N) is 1. The van der Waals surface area contributed by atoms with E-state index in [1.807, 2.05) is 0 Å². The van der Waals surface area contributed by atoms with Gasteiger partial charge < -0.3 is 10.2 Å². The number of nitrogens with zero attached hydrogens (tertiary/aromatic N) is 1. The first-order valence-corrected chi connectivity index (χ1v) is 6.88. The molecule has 17 heavy (non-hydrogen) atoms. The van der Waals surface area contributed by atoms with E-state index in [-0.39, 0.29) is 0 Å². The number of anilines is 1. The standard InChI is InChI=1S/C15H24N2/c1-3-4-9-16-10-11-17-13(2)12-14-7-5-6-8-15(14)17/h5-8,13,16H,3-4,9-12H2,1-2H3. The third-order valence-corrected chi connectivity index (χ3v) is 3.59. The first kappa shape index (κ1) is 12.4. The summed E-state index contributed by atoms with van der Waals surface area (Å²) in [4.78, 5) is 2.54. The molecule has 1 N–H and O–H groups in total. The normalized spacial score (nSPS) is 18.5. The van der Waals surface area contributed by atoms with Crippen molar-refractivity contribution in [3.8, 4) is 0 Å². The van der Waals surface area contributed by atoms with Gasteiger partial charge in [-0.05, 0) is 37.9 Å². The molecule has 1 heterocycles. The average Bonchev–Trinajstić information content (AvgIpc) is 2.65. The van der Waals surface area contributed by atoms with E-state index in [9.17, 15) is 0 Å². The minimum atomic E-state index is 0.653. The summed E-state index contributed by atoms with van der Waals surface area (Å²) in [6.45, 7) is 7.94. The Morgan fingerprint density at radius 2 is 2.12 bits per heavy atom. The van der Waals surface area contributed by atoms with E-state index in [1.165, 1.54) is 30.5 Å². The Kier molecular flexibility index (Phi) is 4.43. The highest BCUT2D eigenvalue weighted by atomic mass is 15.2. The van der Waals surface area contributed by atoms with Crippen molar-refractivity contribution in [1.82, 2.24) is 5.32 Å². The van der Waals surface area contributed by atoms with E-state index in [0.717, 1.165) is 19.6 Å². The molecule has 2 heteroatoms. The molecular weight excluding hydrogens is 208 g/mol. The zero-order chi connectivity index (χ0) is 12.1. The van der Waals surface area contributed by atoms with Crippen molar-refractivity contribution in [1.29, 1.82) is 0 Å². The predicted octanol–water partition coefficient (Wildman–Crippen LogP) is 2.83. The molecule has 1 atom stereocenters. The molecule has 0 saturated carbocycles. The van der Waals surface area contributed by atoms with E-state index < -0.39 is 0 Å². The molecule has 94 valence electrons. The number of benzene rings is 1. The van der Waals surface area contributed by atoms with Crippen LogP contribution in [0.25, 0.3) is 0 Å². The van der Waals surface area contributed by atoms with Crippen LogP contribution in [0.1, 0.15) is 32.3 Å². The molecular formula is C15H24N2. The lowest BCUT2D eigenvalue weighted by Crippen LogP contribution is -2.36. The van der Waals surface area contributed by atoms with Gasteiger partial charge in [-0.15, -0.1) is 0 Å². The molecule has 0 fully saturated rings. The molecule has 1 unspecified atom stereocenters. The van der Waals surface area contributed by atoms with Gasteiger partial charge in [0, 0.05) is 24.8 Å². The smallest absolute Gasteiger partial charge is 0.0402 e. The molecule has 1 aliphatic rings. The van der Waals surface area contributed by atoms with E-state index in [4.69, 9.17) is 0 Å². The lowest BCUT2D eigenvalue weighted by Gasteiger charge is -2.25. The molecule has 0 radical (unpaired) electrons. The van der Waals surface area contributed by atoms with Gasteiger partial charge in [-0.25, -0.2) is 0 Å². The molecule has 0 bridgehead atoms. The molecule has 1 aromatic carbocycles. The maximum absolute atomic E-state index is 3.52. The van der Waals surface area contributed by atoms with Crippen LogP contribution in [-0.4, -0.2) is 25.7 Å². The van der Waals surface area contributed by atoms with Gasteiger partial charge in [-0.3, -0.25) is 0 Å².